The predicted octanol–water partition coefficient (Wildman–Crippen LogP) is 3.23. The molecule has 0 fully saturated rings. The van der Waals surface area contributed by atoms with E-state index in [1.807, 2.05) is 0 Å². The smallest absolute Gasteiger partial charge is 0.175 e. The Morgan fingerprint density at radius 2 is 1.86 bits per heavy atom. The van der Waals surface area contributed by atoms with E-state index in [0.29, 0.717) is 22.2 Å². The van der Waals surface area contributed by atoms with Gasteiger partial charge in [-0.1, -0.05) is 11.8 Å². The zero-order chi connectivity index (χ0) is 14.7. The Morgan fingerprint density at radius 3 is 2.48 bits per heavy atom. The van der Waals surface area contributed by atoms with Gasteiger partial charge in [0.1, 0.15) is 16.7 Å². The minimum absolute atomic E-state index is 0.421. The Kier molecular flexibility index (Phi) is 3.92. The molecular formula is C14H10F2N4S. The van der Waals surface area contributed by atoms with Gasteiger partial charge in [0, 0.05) is 24.2 Å². The molecule has 3 aromatic rings. The molecular weight excluding hydrogens is 294 g/mol. The van der Waals surface area contributed by atoms with Crippen molar-refractivity contribution < 1.29 is 8.78 Å². The molecule has 21 heavy (non-hydrogen) atoms. The van der Waals surface area contributed by atoms with Crippen LogP contribution in [0.5, 0.6) is 0 Å². The van der Waals surface area contributed by atoms with Crippen molar-refractivity contribution in [2.75, 3.05) is 0 Å². The molecule has 0 unspecified atom stereocenters. The maximum Gasteiger partial charge on any atom is 0.175 e. The molecule has 0 aliphatic carbocycles. The normalized spacial score (nSPS) is 10.8. The fraction of sp³-hybridized carbons (Fsp3) is 0.0714. The fourth-order valence-corrected chi connectivity index (χ4v) is 2.51. The molecule has 1 aromatic carbocycles. The molecule has 0 N–H and O–H groups in total. The molecule has 7 heteroatoms. The van der Waals surface area contributed by atoms with Crippen LogP contribution in [0.3, 0.4) is 0 Å². The molecule has 0 aliphatic rings. The van der Waals surface area contributed by atoms with Crippen LogP contribution in [0, 0.1) is 11.6 Å². The first kappa shape index (κ1) is 13.7. The van der Waals surface area contributed by atoms with Crippen molar-refractivity contribution in [3.8, 4) is 5.82 Å². The standard InChI is InChI=1S/C14H10F2N4S/c15-11-6-10(7-12(16)8-11)9-21-14-3-2-13(18-19-14)20-5-1-4-17-20/h1-8H,9H2. The van der Waals surface area contributed by atoms with E-state index in [9.17, 15) is 8.78 Å². The Hall–Kier alpha value is -2.28. The van der Waals surface area contributed by atoms with E-state index in [0.717, 1.165) is 6.07 Å². The lowest BCUT2D eigenvalue weighted by Gasteiger charge is -2.03. The second kappa shape index (κ2) is 6.01. The van der Waals surface area contributed by atoms with Gasteiger partial charge in [-0.15, -0.1) is 10.2 Å². The molecule has 2 heterocycles. The molecule has 0 amide bonds. The molecule has 0 saturated carbocycles. The highest BCUT2D eigenvalue weighted by atomic mass is 32.2. The zero-order valence-corrected chi connectivity index (χ0v) is 11.6. The summed E-state index contributed by atoms with van der Waals surface area (Å²) in [6.45, 7) is 0. The molecule has 0 atom stereocenters. The Bertz CT molecular complexity index is 709. The molecule has 0 spiro atoms. The van der Waals surface area contributed by atoms with E-state index in [1.54, 1.807) is 35.3 Å². The van der Waals surface area contributed by atoms with Gasteiger partial charge < -0.3 is 0 Å². The molecule has 0 aliphatic heterocycles. The van der Waals surface area contributed by atoms with Crippen LogP contribution in [0.15, 0.2) is 53.8 Å². The first-order valence-corrected chi connectivity index (χ1v) is 7.11. The summed E-state index contributed by atoms with van der Waals surface area (Å²) in [7, 11) is 0. The van der Waals surface area contributed by atoms with E-state index in [-0.39, 0.29) is 0 Å². The molecule has 106 valence electrons. The van der Waals surface area contributed by atoms with Gasteiger partial charge in [0.05, 0.1) is 0 Å². The van der Waals surface area contributed by atoms with Crippen LogP contribution in [-0.2, 0) is 5.75 Å². The minimum atomic E-state index is -0.578. The van der Waals surface area contributed by atoms with E-state index >= 15 is 0 Å². The average molecular weight is 304 g/mol. The molecule has 3 rings (SSSR count). The number of benzene rings is 1. The van der Waals surface area contributed by atoms with Gasteiger partial charge >= 0.3 is 0 Å². The van der Waals surface area contributed by atoms with E-state index in [4.69, 9.17) is 0 Å². The molecule has 4 nitrogen and oxygen atoms in total. The van der Waals surface area contributed by atoms with Crippen LogP contribution in [-0.4, -0.2) is 20.0 Å². The quantitative estimate of drug-likeness (QED) is 0.694. The van der Waals surface area contributed by atoms with Crippen molar-refractivity contribution in [3.63, 3.8) is 0 Å². The van der Waals surface area contributed by atoms with Gasteiger partial charge in [-0.3, -0.25) is 0 Å². The van der Waals surface area contributed by atoms with Crippen molar-refractivity contribution in [1.82, 2.24) is 20.0 Å². The molecule has 0 radical (unpaired) electrons. The number of hydrogen-bond acceptors (Lipinski definition) is 4. The third kappa shape index (κ3) is 3.43. The minimum Gasteiger partial charge on any atom is -0.221 e. The number of halogens is 2. The second-order valence-corrected chi connectivity index (χ2v) is 5.24. The highest BCUT2D eigenvalue weighted by Gasteiger charge is 2.04. The van der Waals surface area contributed by atoms with Crippen molar-refractivity contribution in [2.45, 2.75) is 10.8 Å². The molecule has 0 bridgehead atoms. The Balaban J connectivity index is 1.68. The number of rotatable bonds is 4. The van der Waals surface area contributed by atoms with Gasteiger partial charge in [-0.2, -0.15) is 5.10 Å². The maximum atomic E-state index is 13.1. The fourth-order valence-electron chi connectivity index (χ4n) is 1.77. The topological polar surface area (TPSA) is 43.6 Å². The summed E-state index contributed by atoms with van der Waals surface area (Å²) in [5, 5.41) is 12.8. The van der Waals surface area contributed by atoms with Crippen molar-refractivity contribution in [2.24, 2.45) is 0 Å². The maximum absolute atomic E-state index is 13.1. The first-order chi connectivity index (χ1) is 10.2. The lowest BCUT2D eigenvalue weighted by atomic mass is 10.2. The van der Waals surface area contributed by atoms with E-state index in [2.05, 4.69) is 15.3 Å². The third-order valence-electron chi connectivity index (χ3n) is 2.67. The predicted molar refractivity (Wildman–Crippen MR) is 75.1 cm³/mol. The molecule has 0 saturated heterocycles. The summed E-state index contributed by atoms with van der Waals surface area (Å²) in [6, 6.07) is 8.84. The summed E-state index contributed by atoms with van der Waals surface area (Å²) in [6.07, 6.45) is 3.43. The van der Waals surface area contributed by atoms with Gasteiger partial charge in [-0.25, -0.2) is 13.5 Å². The Morgan fingerprint density at radius 1 is 1.05 bits per heavy atom. The van der Waals surface area contributed by atoms with Crippen LogP contribution in [0.4, 0.5) is 8.78 Å². The van der Waals surface area contributed by atoms with Gasteiger partial charge in [0.2, 0.25) is 0 Å². The van der Waals surface area contributed by atoms with E-state index < -0.39 is 11.6 Å². The number of hydrogen-bond donors (Lipinski definition) is 0. The van der Waals surface area contributed by atoms with Gasteiger partial charge in [0.15, 0.2) is 5.82 Å². The van der Waals surface area contributed by atoms with Crippen molar-refractivity contribution in [1.29, 1.82) is 0 Å². The van der Waals surface area contributed by atoms with Gasteiger partial charge in [0.25, 0.3) is 0 Å². The molecule has 2 aromatic heterocycles. The van der Waals surface area contributed by atoms with E-state index in [1.165, 1.54) is 23.9 Å². The first-order valence-electron chi connectivity index (χ1n) is 6.12. The highest BCUT2D eigenvalue weighted by Crippen LogP contribution is 2.21. The van der Waals surface area contributed by atoms with Crippen molar-refractivity contribution in [3.05, 3.63) is 66.0 Å². The number of nitrogens with zero attached hydrogens (tertiary/aromatic N) is 4. The van der Waals surface area contributed by atoms with Crippen molar-refractivity contribution >= 4 is 11.8 Å². The Labute approximate surface area is 123 Å². The number of aromatic nitrogens is 4. The highest BCUT2D eigenvalue weighted by molar-refractivity contribution is 7.98. The van der Waals surface area contributed by atoms with Crippen LogP contribution in [0.1, 0.15) is 5.56 Å². The lowest BCUT2D eigenvalue weighted by molar-refractivity contribution is 0.581. The van der Waals surface area contributed by atoms with Gasteiger partial charge in [-0.05, 0) is 35.9 Å². The van der Waals surface area contributed by atoms with Crippen LogP contribution >= 0.6 is 11.8 Å². The summed E-state index contributed by atoms with van der Waals surface area (Å²) in [5.74, 6) is -0.123. The van der Waals surface area contributed by atoms with Crippen LogP contribution < -0.4 is 0 Å². The SMILES string of the molecule is Fc1cc(F)cc(CSc2ccc(-n3cccn3)nn2)c1. The average Bonchev–Trinajstić information content (AvgIpc) is 2.99. The summed E-state index contributed by atoms with van der Waals surface area (Å²) in [4.78, 5) is 0. The monoisotopic (exact) mass is 304 g/mol. The zero-order valence-electron chi connectivity index (χ0n) is 10.8. The second-order valence-electron chi connectivity index (χ2n) is 4.25. The van der Waals surface area contributed by atoms with Crippen LogP contribution in [0.2, 0.25) is 0 Å². The summed E-state index contributed by atoms with van der Waals surface area (Å²) < 4.78 is 27.8. The third-order valence-corrected chi connectivity index (χ3v) is 3.67. The number of thioether (sulfide) groups is 1. The van der Waals surface area contributed by atoms with Crippen LogP contribution in [0.25, 0.3) is 5.82 Å². The summed E-state index contributed by atoms with van der Waals surface area (Å²) in [5.41, 5.74) is 0.565. The largest absolute Gasteiger partial charge is 0.221 e. The lowest BCUT2D eigenvalue weighted by Crippen LogP contribution is -1.99. The summed E-state index contributed by atoms with van der Waals surface area (Å²) >= 11 is 1.36.